The molecular formula is C16H22N2O3S. The van der Waals surface area contributed by atoms with Gasteiger partial charge in [-0.1, -0.05) is 31.5 Å². The Morgan fingerprint density at radius 1 is 1.27 bits per heavy atom. The SMILES string of the molecule is CCCCS(=O)(=O)N1CCC2(C1)C(=O)N(C)c1ccccc12. The van der Waals surface area contributed by atoms with Crippen LogP contribution in [0.1, 0.15) is 31.7 Å². The summed E-state index contributed by atoms with van der Waals surface area (Å²) >= 11 is 0. The number of sulfonamides is 1. The summed E-state index contributed by atoms with van der Waals surface area (Å²) in [5, 5.41) is 0. The van der Waals surface area contributed by atoms with Crippen molar-refractivity contribution in [3.8, 4) is 0 Å². The maximum Gasteiger partial charge on any atom is 0.238 e. The Labute approximate surface area is 132 Å². The Morgan fingerprint density at radius 2 is 2.00 bits per heavy atom. The summed E-state index contributed by atoms with van der Waals surface area (Å²) in [4.78, 5) is 14.4. The Kier molecular flexibility index (Phi) is 3.77. The van der Waals surface area contributed by atoms with Gasteiger partial charge in [-0.2, -0.15) is 0 Å². The number of amides is 1. The van der Waals surface area contributed by atoms with Crippen LogP contribution in [0.5, 0.6) is 0 Å². The summed E-state index contributed by atoms with van der Waals surface area (Å²) in [6.45, 7) is 2.69. The van der Waals surface area contributed by atoms with Gasteiger partial charge < -0.3 is 4.90 Å². The maximum absolute atomic E-state index is 12.8. The number of hydrogen-bond acceptors (Lipinski definition) is 3. The normalized spacial score (nSPS) is 25.2. The van der Waals surface area contributed by atoms with E-state index in [4.69, 9.17) is 0 Å². The number of unbranched alkanes of at least 4 members (excludes halogenated alkanes) is 1. The van der Waals surface area contributed by atoms with Crippen LogP contribution in [0, 0.1) is 0 Å². The van der Waals surface area contributed by atoms with E-state index in [0.717, 1.165) is 17.7 Å². The standard InChI is InChI=1S/C16H22N2O3S/c1-3-4-11-22(20,21)18-10-9-16(12-18)13-7-5-6-8-14(13)17(2)15(16)19/h5-8H,3-4,9-12H2,1-2H3. The highest BCUT2D eigenvalue weighted by atomic mass is 32.2. The van der Waals surface area contributed by atoms with Crippen LogP contribution in [-0.4, -0.2) is 44.5 Å². The van der Waals surface area contributed by atoms with Crippen molar-refractivity contribution in [1.82, 2.24) is 4.31 Å². The summed E-state index contributed by atoms with van der Waals surface area (Å²) in [7, 11) is -1.50. The number of anilines is 1. The van der Waals surface area contributed by atoms with Crippen LogP contribution in [0.15, 0.2) is 24.3 Å². The van der Waals surface area contributed by atoms with Gasteiger partial charge in [0.1, 0.15) is 0 Å². The molecule has 1 unspecified atom stereocenters. The van der Waals surface area contributed by atoms with E-state index in [1.54, 1.807) is 11.9 Å². The van der Waals surface area contributed by atoms with E-state index < -0.39 is 15.4 Å². The smallest absolute Gasteiger partial charge is 0.238 e. The van der Waals surface area contributed by atoms with Crippen molar-refractivity contribution in [3.63, 3.8) is 0 Å². The molecule has 3 rings (SSSR count). The first-order valence-electron chi connectivity index (χ1n) is 7.78. The van der Waals surface area contributed by atoms with E-state index in [-0.39, 0.29) is 18.2 Å². The molecule has 120 valence electrons. The fraction of sp³-hybridized carbons (Fsp3) is 0.562. The van der Waals surface area contributed by atoms with Crippen molar-refractivity contribution in [2.75, 3.05) is 30.8 Å². The Morgan fingerprint density at radius 3 is 2.73 bits per heavy atom. The molecule has 1 aromatic carbocycles. The molecule has 1 saturated heterocycles. The van der Waals surface area contributed by atoms with Crippen LogP contribution in [0.4, 0.5) is 5.69 Å². The molecule has 2 aliphatic rings. The van der Waals surface area contributed by atoms with E-state index in [1.807, 2.05) is 31.2 Å². The average Bonchev–Trinajstić information content (AvgIpc) is 3.05. The van der Waals surface area contributed by atoms with Gasteiger partial charge in [0, 0.05) is 25.8 Å². The van der Waals surface area contributed by atoms with Crippen molar-refractivity contribution in [3.05, 3.63) is 29.8 Å². The lowest BCUT2D eigenvalue weighted by Crippen LogP contribution is -2.42. The van der Waals surface area contributed by atoms with Crippen molar-refractivity contribution in [2.24, 2.45) is 0 Å². The second-order valence-electron chi connectivity index (χ2n) is 6.22. The molecule has 0 bridgehead atoms. The van der Waals surface area contributed by atoms with E-state index in [2.05, 4.69) is 0 Å². The molecule has 1 atom stereocenters. The minimum Gasteiger partial charge on any atom is -0.314 e. The van der Waals surface area contributed by atoms with Crippen LogP contribution in [0.2, 0.25) is 0 Å². The lowest BCUT2D eigenvalue weighted by Gasteiger charge is -2.23. The van der Waals surface area contributed by atoms with Crippen LogP contribution >= 0.6 is 0 Å². The zero-order chi connectivity index (χ0) is 16.0. The lowest BCUT2D eigenvalue weighted by molar-refractivity contribution is -0.122. The Hall–Kier alpha value is -1.40. The number of carbonyl (C=O) groups excluding carboxylic acids is 1. The second-order valence-corrected chi connectivity index (χ2v) is 8.31. The van der Waals surface area contributed by atoms with Gasteiger partial charge in [-0.25, -0.2) is 12.7 Å². The number of carbonyl (C=O) groups is 1. The number of benzene rings is 1. The number of hydrogen-bond donors (Lipinski definition) is 0. The minimum absolute atomic E-state index is 0.0156. The topological polar surface area (TPSA) is 57.7 Å². The second kappa shape index (κ2) is 5.35. The molecule has 1 aromatic rings. The first-order valence-corrected chi connectivity index (χ1v) is 9.39. The van der Waals surface area contributed by atoms with Gasteiger partial charge in [0.05, 0.1) is 11.2 Å². The fourth-order valence-corrected chi connectivity index (χ4v) is 5.28. The minimum atomic E-state index is -3.27. The Balaban J connectivity index is 1.93. The van der Waals surface area contributed by atoms with E-state index in [1.165, 1.54) is 4.31 Å². The third-order valence-corrected chi connectivity index (χ3v) is 6.78. The van der Waals surface area contributed by atoms with Gasteiger partial charge >= 0.3 is 0 Å². The first kappa shape index (κ1) is 15.5. The molecule has 1 spiro atoms. The number of fused-ring (bicyclic) bond motifs is 2. The number of para-hydroxylation sites is 1. The lowest BCUT2D eigenvalue weighted by atomic mass is 9.81. The average molecular weight is 322 g/mol. The van der Waals surface area contributed by atoms with Crippen molar-refractivity contribution in [1.29, 1.82) is 0 Å². The predicted molar refractivity (Wildman–Crippen MR) is 86.4 cm³/mol. The van der Waals surface area contributed by atoms with E-state index in [9.17, 15) is 13.2 Å². The van der Waals surface area contributed by atoms with Crippen LogP contribution < -0.4 is 4.90 Å². The zero-order valence-electron chi connectivity index (χ0n) is 13.1. The highest BCUT2D eigenvalue weighted by molar-refractivity contribution is 7.89. The van der Waals surface area contributed by atoms with Crippen molar-refractivity contribution < 1.29 is 13.2 Å². The molecule has 22 heavy (non-hydrogen) atoms. The van der Waals surface area contributed by atoms with Gasteiger partial charge in [0.2, 0.25) is 15.9 Å². The molecule has 0 saturated carbocycles. The maximum atomic E-state index is 12.8. The summed E-state index contributed by atoms with van der Waals surface area (Å²) < 4.78 is 26.4. The van der Waals surface area contributed by atoms with E-state index >= 15 is 0 Å². The molecule has 2 aliphatic heterocycles. The van der Waals surface area contributed by atoms with Crippen LogP contribution in [0.3, 0.4) is 0 Å². The molecular weight excluding hydrogens is 300 g/mol. The molecule has 0 aliphatic carbocycles. The van der Waals surface area contributed by atoms with Gasteiger partial charge in [0.25, 0.3) is 0 Å². The predicted octanol–water partition coefficient (Wildman–Crippen LogP) is 1.74. The summed E-state index contributed by atoms with van der Waals surface area (Å²) in [5.74, 6) is 0.188. The molecule has 1 amide bonds. The molecule has 0 N–H and O–H groups in total. The third kappa shape index (κ3) is 2.16. The van der Waals surface area contributed by atoms with Gasteiger partial charge in [-0.3, -0.25) is 4.79 Å². The van der Waals surface area contributed by atoms with E-state index in [0.29, 0.717) is 19.4 Å². The largest absolute Gasteiger partial charge is 0.314 e. The summed E-state index contributed by atoms with van der Waals surface area (Å²) in [5.41, 5.74) is 1.18. The number of likely N-dealkylation sites (N-methyl/N-ethyl adjacent to an activating group) is 1. The van der Waals surface area contributed by atoms with Gasteiger partial charge in [-0.15, -0.1) is 0 Å². The fourth-order valence-electron chi connectivity index (χ4n) is 3.58. The first-order chi connectivity index (χ1) is 10.4. The van der Waals surface area contributed by atoms with Gasteiger partial charge in [-0.05, 0) is 24.5 Å². The monoisotopic (exact) mass is 322 g/mol. The number of rotatable bonds is 4. The molecule has 0 aromatic heterocycles. The number of nitrogens with zero attached hydrogens (tertiary/aromatic N) is 2. The molecule has 1 fully saturated rings. The summed E-state index contributed by atoms with van der Waals surface area (Å²) in [6, 6.07) is 7.71. The molecule has 2 heterocycles. The molecule has 6 heteroatoms. The third-order valence-electron chi connectivity index (χ3n) is 4.88. The quantitative estimate of drug-likeness (QED) is 0.848. The zero-order valence-corrected chi connectivity index (χ0v) is 13.9. The highest BCUT2D eigenvalue weighted by Gasteiger charge is 2.55. The van der Waals surface area contributed by atoms with Crippen molar-refractivity contribution >= 4 is 21.6 Å². The van der Waals surface area contributed by atoms with Crippen molar-refractivity contribution in [2.45, 2.75) is 31.6 Å². The highest BCUT2D eigenvalue weighted by Crippen LogP contribution is 2.47. The molecule has 0 radical (unpaired) electrons. The molecule has 5 nitrogen and oxygen atoms in total. The Bertz CT molecular complexity index is 701. The van der Waals surface area contributed by atoms with Crippen LogP contribution in [-0.2, 0) is 20.2 Å². The summed E-state index contributed by atoms with van der Waals surface area (Å²) in [6.07, 6.45) is 2.08. The van der Waals surface area contributed by atoms with Crippen LogP contribution in [0.25, 0.3) is 0 Å². The van der Waals surface area contributed by atoms with Gasteiger partial charge in [0.15, 0.2) is 0 Å².